The fraction of sp³-hybridized carbons (Fsp3) is 0.0476. The molecule has 1 heterocycles. The first-order chi connectivity index (χ1) is 12.6. The minimum atomic E-state index is -0.473. The lowest BCUT2D eigenvalue weighted by molar-refractivity contribution is -0.112. The first-order valence-electron chi connectivity index (χ1n) is 8.01. The molecule has 0 atom stereocenters. The van der Waals surface area contributed by atoms with Crippen molar-refractivity contribution in [2.45, 2.75) is 6.92 Å². The van der Waals surface area contributed by atoms with Gasteiger partial charge in [-0.2, -0.15) is 5.26 Å². The summed E-state index contributed by atoms with van der Waals surface area (Å²) in [5.74, 6) is -0.473. The third-order valence-corrected chi connectivity index (χ3v) is 4.40. The zero-order valence-electron chi connectivity index (χ0n) is 14.1. The van der Waals surface area contributed by atoms with Crippen molar-refractivity contribution < 1.29 is 4.79 Å². The molecule has 0 spiro atoms. The molecule has 0 radical (unpaired) electrons. The van der Waals surface area contributed by atoms with Crippen molar-refractivity contribution in [3.8, 4) is 11.8 Å². The topological polar surface area (TPSA) is 57.8 Å². The second kappa shape index (κ2) is 7.73. The number of aromatic nitrogens is 1. The van der Waals surface area contributed by atoms with Crippen LogP contribution in [-0.2, 0) is 4.79 Å². The van der Waals surface area contributed by atoms with Gasteiger partial charge in [0, 0.05) is 28.3 Å². The summed E-state index contributed by atoms with van der Waals surface area (Å²) < 4.78 is 1.91. The number of anilines is 1. The molecule has 0 aliphatic heterocycles. The molecule has 3 aromatic rings. The number of nitriles is 1. The highest BCUT2D eigenvalue weighted by atomic mass is 35.5. The van der Waals surface area contributed by atoms with Crippen LogP contribution in [0, 0.1) is 18.3 Å². The van der Waals surface area contributed by atoms with Crippen molar-refractivity contribution in [1.29, 1.82) is 5.26 Å². The highest BCUT2D eigenvalue weighted by Crippen LogP contribution is 2.23. The molecule has 0 saturated carbocycles. The molecule has 0 bridgehead atoms. The van der Waals surface area contributed by atoms with Gasteiger partial charge < -0.3 is 9.88 Å². The lowest BCUT2D eigenvalue weighted by Gasteiger charge is -2.10. The van der Waals surface area contributed by atoms with E-state index in [1.807, 2.05) is 66.2 Å². The molecule has 4 nitrogen and oxygen atoms in total. The van der Waals surface area contributed by atoms with Gasteiger partial charge in [-0.25, -0.2) is 0 Å². The Bertz CT molecular complexity index is 1010. The summed E-state index contributed by atoms with van der Waals surface area (Å²) in [4.78, 5) is 12.5. The van der Waals surface area contributed by atoms with Crippen LogP contribution in [-0.4, -0.2) is 10.5 Å². The average molecular weight is 362 g/mol. The summed E-state index contributed by atoms with van der Waals surface area (Å²) in [6.07, 6.45) is 3.46. The third kappa shape index (κ3) is 3.69. The van der Waals surface area contributed by atoms with E-state index >= 15 is 0 Å². The SMILES string of the molecule is Cc1c(Cl)cccc1NC(=O)/C(C#N)=C\c1cccn1-c1ccccc1. The molecule has 0 unspecified atom stereocenters. The fourth-order valence-electron chi connectivity index (χ4n) is 2.56. The molecular formula is C21H16ClN3O. The number of rotatable bonds is 4. The Morgan fingerprint density at radius 2 is 1.88 bits per heavy atom. The van der Waals surface area contributed by atoms with E-state index in [1.54, 1.807) is 24.3 Å². The lowest BCUT2D eigenvalue weighted by atomic mass is 10.1. The Balaban J connectivity index is 1.90. The lowest BCUT2D eigenvalue weighted by Crippen LogP contribution is -2.14. The summed E-state index contributed by atoms with van der Waals surface area (Å²) in [5, 5.41) is 12.8. The zero-order valence-corrected chi connectivity index (χ0v) is 14.9. The minimum Gasteiger partial charge on any atom is -0.321 e. The molecule has 5 heteroatoms. The number of nitrogens with zero attached hydrogens (tertiary/aromatic N) is 2. The van der Waals surface area contributed by atoms with Crippen LogP contribution in [0.25, 0.3) is 11.8 Å². The number of para-hydroxylation sites is 1. The standard InChI is InChI=1S/C21H16ClN3O/c1-15-19(22)10-5-11-20(15)24-21(26)16(14-23)13-18-9-6-12-25(18)17-7-3-2-4-8-17/h2-13H,1H3,(H,24,26)/b16-13-. The monoisotopic (exact) mass is 361 g/mol. The van der Waals surface area contributed by atoms with E-state index in [1.165, 1.54) is 0 Å². The van der Waals surface area contributed by atoms with Crippen molar-refractivity contribution in [1.82, 2.24) is 4.57 Å². The Morgan fingerprint density at radius 3 is 2.62 bits per heavy atom. The first-order valence-corrected chi connectivity index (χ1v) is 8.39. The Labute approximate surface area is 157 Å². The first kappa shape index (κ1) is 17.5. The van der Waals surface area contributed by atoms with Crippen molar-refractivity contribution in [3.05, 3.63) is 88.7 Å². The third-order valence-electron chi connectivity index (χ3n) is 3.99. The number of amides is 1. The van der Waals surface area contributed by atoms with Crippen molar-refractivity contribution >= 4 is 29.3 Å². The summed E-state index contributed by atoms with van der Waals surface area (Å²) in [6, 6.07) is 20.7. The number of carbonyl (C=O) groups is 1. The molecule has 1 N–H and O–H groups in total. The number of benzene rings is 2. The van der Waals surface area contributed by atoms with Gasteiger partial charge in [0.1, 0.15) is 11.6 Å². The second-order valence-electron chi connectivity index (χ2n) is 5.67. The van der Waals surface area contributed by atoms with Crippen molar-refractivity contribution in [2.75, 3.05) is 5.32 Å². The summed E-state index contributed by atoms with van der Waals surface area (Å²) in [5.41, 5.74) is 3.05. The van der Waals surface area contributed by atoms with Gasteiger partial charge in [-0.05, 0) is 55.0 Å². The van der Waals surface area contributed by atoms with E-state index in [4.69, 9.17) is 11.6 Å². The summed E-state index contributed by atoms with van der Waals surface area (Å²) in [6.45, 7) is 1.81. The van der Waals surface area contributed by atoms with Gasteiger partial charge in [-0.3, -0.25) is 4.79 Å². The molecule has 0 aliphatic carbocycles. The zero-order chi connectivity index (χ0) is 18.5. The molecule has 1 aromatic heterocycles. The molecule has 26 heavy (non-hydrogen) atoms. The number of carbonyl (C=O) groups excluding carboxylic acids is 1. The summed E-state index contributed by atoms with van der Waals surface area (Å²) in [7, 11) is 0. The van der Waals surface area contributed by atoms with Crippen LogP contribution in [0.1, 0.15) is 11.3 Å². The van der Waals surface area contributed by atoms with Gasteiger partial charge in [-0.1, -0.05) is 35.9 Å². The van der Waals surface area contributed by atoms with Crippen LogP contribution in [0.15, 0.2) is 72.4 Å². The molecule has 2 aromatic carbocycles. The molecular weight excluding hydrogens is 346 g/mol. The van der Waals surface area contributed by atoms with Crippen LogP contribution in [0.2, 0.25) is 5.02 Å². The molecule has 0 saturated heterocycles. The van der Waals surface area contributed by atoms with Gasteiger partial charge in [0.2, 0.25) is 0 Å². The quantitative estimate of drug-likeness (QED) is 0.526. The Hall–Kier alpha value is -3.29. The highest BCUT2D eigenvalue weighted by Gasteiger charge is 2.13. The largest absolute Gasteiger partial charge is 0.321 e. The smallest absolute Gasteiger partial charge is 0.266 e. The van der Waals surface area contributed by atoms with Gasteiger partial charge in [0.15, 0.2) is 0 Å². The molecule has 3 rings (SSSR count). The number of hydrogen-bond donors (Lipinski definition) is 1. The molecule has 0 fully saturated rings. The van der Waals surface area contributed by atoms with Crippen LogP contribution in [0.3, 0.4) is 0 Å². The van der Waals surface area contributed by atoms with Gasteiger partial charge in [0.25, 0.3) is 5.91 Å². The Kier molecular flexibility index (Phi) is 5.21. The maximum atomic E-state index is 12.5. The van der Waals surface area contributed by atoms with E-state index < -0.39 is 5.91 Å². The van der Waals surface area contributed by atoms with Crippen molar-refractivity contribution in [2.24, 2.45) is 0 Å². The van der Waals surface area contributed by atoms with Gasteiger partial charge in [-0.15, -0.1) is 0 Å². The van der Waals surface area contributed by atoms with Gasteiger partial charge >= 0.3 is 0 Å². The van der Waals surface area contributed by atoms with Crippen molar-refractivity contribution in [3.63, 3.8) is 0 Å². The highest BCUT2D eigenvalue weighted by molar-refractivity contribution is 6.31. The van der Waals surface area contributed by atoms with E-state index in [-0.39, 0.29) is 5.57 Å². The summed E-state index contributed by atoms with van der Waals surface area (Å²) >= 11 is 6.08. The van der Waals surface area contributed by atoms with E-state index in [2.05, 4.69) is 5.32 Å². The fourth-order valence-corrected chi connectivity index (χ4v) is 2.74. The van der Waals surface area contributed by atoms with Crippen LogP contribution >= 0.6 is 11.6 Å². The van der Waals surface area contributed by atoms with E-state index in [0.29, 0.717) is 10.7 Å². The maximum absolute atomic E-state index is 12.5. The molecule has 0 aliphatic rings. The van der Waals surface area contributed by atoms with Gasteiger partial charge in [0.05, 0.1) is 0 Å². The Morgan fingerprint density at radius 1 is 1.12 bits per heavy atom. The predicted molar refractivity (Wildman–Crippen MR) is 104 cm³/mol. The van der Waals surface area contributed by atoms with Crippen LogP contribution < -0.4 is 5.32 Å². The molecule has 128 valence electrons. The van der Waals surface area contributed by atoms with E-state index in [9.17, 15) is 10.1 Å². The predicted octanol–water partition coefficient (Wildman–Crippen LogP) is 4.98. The number of halogens is 1. The molecule has 1 amide bonds. The maximum Gasteiger partial charge on any atom is 0.266 e. The number of hydrogen-bond acceptors (Lipinski definition) is 2. The average Bonchev–Trinajstić information content (AvgIpc) is 3.12. The van der Waals surface area contributed by atoms with Crippen LogP contribution in [0.4, 0.5) is 5.69 Å². The van der Waals surface area contributed by atoms with E-state index in [0.717, 1.165) is 16.9 Å². The number of nitrogens with one attached hydrogen (secondary N) is 1. The minimum absolute atomic E-state index is 0.0141. The second-order valence-corrected chi connectivity index (χ2v) is 6.08. The van der Waals surface area contributed by atoms with Crippen LogP contribution in [0.5, 0.6) is 0 Å². The normalized spacial score (nSPS) is 11.0.